The highest BCUT2D eigenvalue weighted by molar-refractivity contribution is 6.74. The predicted molar refractivity (Wildman–Crippen MR) is 223 cm³/mol. The van der Waals surface area contributed by atoms with E-state index in [2.05, 4.69) is 134 Å². The lowest BCUT2D eigenvalue weighted by Crippen LogP contribution is -2.47. The third-order valence-electron chi connectivity index (χ3n) is 15.1. The molecule has 0 aromatic heterocycles. The lowest BCUT2D eigenvalue weighted by Gasteiger charge is -2.46. The van der Waals surface area contributed by atoms with Gasteiger partial charge in [0.1, 0.15) is 0 Å². The van der Waals surface area contributed by atoms with Crippen molar-refractivity contribution < 1.29 is 13.6 Å². The van der Waals surface area contributed by atoms with E-state index in [-0.39, 0.29) is 21.2 Å². The third-order valence-corrected chi connectivity index (χ3v) is 27.7. The third kappa shape index (κ3) is 10.0. The standard InChI is InChI=1S/C43H82O3Si3/c1-18-32(2)37-25-26-38-34(21-19-27-43(37,38)11)24-23-33-29-35(31-42(9,10)47(12,13)44)36(22-20-28-45-48(14,15)40(3,4)5)39(30-33)46-49(16,17)41(6,7)8/h22-24,32,35,37-39,44H,18-21,25-31H2,1-17H3/b33-23+,34-24+,36-22-/t32-,35-,37?,38?,39+,43+/m0/s1. The number of hydrogen-bond donors (Lipinski definition) is 1. The first-order chi connectivity index (χ1) is 22.2. The number of fused-ring (bicyclic) bond motifs is 1. The van der Waals surface area contributed by atoms with Crippen LogP contribution in [0.25, 0.3) is 0 Å². The molecule has 49 heavy (non-hydrogen) atoms. The summed E-state index contributed by atoms with van der Waals surface area (Å²) >= 11 is 0. The number of rotatable bonds is 12. The van der Waals surface area contributed by atoms with Gasteiger partial charge >= 0.3 is 0 Å². The highest BCUT2D eigenvalue weighted by atomic mass is 28.4. The summed E-state index contributed by atoms with van der Waals surface area (Å²) in [6, 6.07) is 0. The van der Waals surface area contributed by atoms with Crippen LogP contribution in [0, 0.1) is 29.1 Å². The Morgan fingerprint density at radius 3 is 2.06 bits per heavy atom. The molecule has 0 bridgehead atoms. The molecule has 0 saturated heterocycles. The molecule has 284 valence electrons. The van der Waals surface area contributed by atoms with E-state index in [9.17, 15) is 4.80 Å². The van der Waals surface area contributed by atoms with Gasteiger partial charge < -0.3 is 13.6 Å². The van der Waals surface area contributed by atoms with E-state index >= 15 is 0 Å². The molecule has 3 aliphatic carbocycles. The lowest BCUT2D eigenvalue weighted by molar-refractivity contribution is 0.0961. The molecule has 0 aromatic carbocycles. The van der Waals surface area contributed by atoms with Crippen LogP contribution in [-0.4, -0.2) is 42.5 Å². The van der Waals surface area contributed by atoms with E-state index in [1.165, 1.54) is 44.1 Å². The van der Waals surface area contributed by atoms with Crippen LogP contribution in [0.15, 0.2) is 34.9 Å². The molecule has 0 radical (unpaired) electrons. The van der Waals surface area contributed by atoms with Crippen molar-refractivity contribution in [1.29, 1.82) is 0 Å². The Bertz CT molecular complexity index is 1160. The maximum absolute atomic E-state index is 11.5. The molecule has 0 spiro atoms. The van der Waals surface area contributed by atoms with Crippen molar-refractivity contribution in [2.45, 2.75) is 201 Å². The van der Waals surface area contributed by atoms with Gasteiger partial charge in [-0.2, -0.15) is 0 Å². The van der Waals surface area contributed by atoms with Gasteiger partial charge in [0.05, 0.1) is 6.10 Å². The second kappa shape index (κ2) is 15.6. The van der Waals surface area contributed by atoms with Crippen molar-refractivity contribution in [2.24, 2.45) is 29.1 Å². The van der Waals surface area contributed by atoms with E-state index in [1.807, 2.05) is 0 Å². The van der Waals surface area contributed by atoms with E-state index in [0.717, 1.165) is 50.0 Å². The Balaban J connectivity index is 2.03. The Hall–Kier alpha value is -0.249. The molecule has 3 rings (SSSR count). The van der Waals surface area contributed by atoms with Crippen LogP contribution in [0.3, 0.4) is 0 Å². The van der Waals surface area contributed by atoms with Gasteiger partial charge in [-0.15, -0.1) is 0 Å². The van der Waals surface area contributed by atoms with Gasteiger partial charge in [0.15, 0.2) is 25.0 Å². The SMILES string of the molecule is CC[C@H](C)C1CCC2/C(=C/C=C3\C[C@@H](CC(C)(C)[Si](C)(C)O)/C(=C/CCO[Si](C)(C)C(C)(C)C)[C@H](O[Si](C)(C)C(C)(C)C)C3)CCC[C@@]21C. The van der Waals surface area contributed by atoms with Gasteiger partial charge in [0.2, 0.25) is 0 Å². The number of hydrogen-bond acceptors (Lipinski definition) is 3. The van der Waals surface area contributed by atoms with Gasteiger partial charge in [0.25, 0.3) is 0 Å². The largest absolute Gasteiger partial charge is 0.432 e. The van der Waals surface area contributed by atoms with Gasteiger partial charge in [0, 0.05) is 6.61 Å². The van der Waals surface area contributed by atoms with Crippen LogP contribution in [0.1, 0.15) is 140 Å². The average molecular weight is 731 g/mol. The monoisotopic (exact) mass is 731 g/mol. The quantitative estimate of drug-likeness (QED) is 0.123. The molecule has 0 heterocycles. The van der Waals surface area contributed by atoms with E-state index < -0.39 is 25.0 Å². The summed E-state index contributed by atoms with van der Waals surface area (Å²) < 4.78 is 14.1. The van der Waals surface area contributed by atoms with Crippen molar-refractivity contribution in [3.05, 3.63) is 34.9 Å². The van der Waals surface area contributed by atoms with Crippen LogP contribution in [-0.2, 0) is 8.85 Å². The molecule has 3 saturated carbocycles. The molecule has 3 fully saturated rings. The first-order valence-electron chi connectivity index (χ1n) is 20.3. The molecule has 3 nitrogen and oxygen atoms in total. The zero-order valence-electron chi connectivity index (χ0n) is 35.7. The minimum atomic E-state index is -2.40. The van der Waals surface area contributed by atoms with Crippen molar-refractivity contribution >= 4 is 25.0 Å². The maximum Gasteiger partial charge on any atom is 0.192 e. The van der Waals surface area contributed by atoms with Gasteiger partial charge in [-0.3, -0.25) is 0 Å². The molecular weight excluding hydrogens is 649 g/mol. The molecule has 0 aromatic rings. The van der Waals surface area contributed by atoms with Crippen LogP contribution >= 0.6 is 0 Å². The molecule has 0 aliphatic heterocycles. The van der Waals surface area contributed by atoms with E-state index in [1.54, 1.807) is 11.1 Å². The second-order valence-electron chi connectivity index (χ2n) is 21.3. The summed E-state index contributed by atoms with van der Waals surface area (Å²) in [4.78, 5) is 11.5. The zero-order chi connectivity index (χ0) is 37.4. The minimum absolute atomic E-state index is 0.0920. The summed E-state index contributed by atoms with van der Waals surface area (Å²) in [5, 5.41) is 0.250. The molecular formula is C43H82O3Si3. The van der Waals surface area contributed by atoms with Crippen molar-refractivity contribution in [3.8, 4) is 0 Å². The maximum atomic E-state index is 11.5. The summed E-state index contributed by atoms with van der Waals surface area (Å²) in [6.07, 6.45) is 19.8. The fourth-order valence-corrected chi connectivity index (χ4v) is 11.8. The topological polar surface area (TPSA) is 38.7 Å². The first kappa shape index (κ1) is 43.2. The highest BCUT2D eigenvalue weighted by Crippen LogP contribution is 2.60. The molecule has 2 unspecified atom stereocenters. The lowest BCUT2D eigenvalue weighted by atomic mass is 9.61. The first-order valence-corrected chi connectivity index (χ1v) is 29.1. The normalized spacial score (nSPS) is 31.1. The van der Waals surface area contributed by atoms with Crippen LogP contribution in [0.4, 0.5) is 0 Å². The summed E-state index contributed by atoms with van der Waals surface area (Å²) in [5.41, 5.74) is 5.22. The zero-order valence-corrected chi connectivity index (χ0v) is 38.7. The fourth-order valence-electron chi connectivity index (χ4n) is 8.75. The Morgan fingerprint density at radius 1 is 0.898 bits per heavy atom. The van der Waals surface area contributed by atoms with Gasteiger partial charge in [-0.25, -0.2) is 0 Å². The highest BCUT2D eigenvalue weighted by Gasteiger charge is 2.50. The predicted octanol–water partition coefficient (Wildman–Crippen LogP) is 13.6. The van der Waals surface area contributed by atoms with Crippen LogP contribution in [0.2, 0.25) is 54.4 Å². The summed E-state index contributed by atoms with van der Waals surface area (Å²) in [7, 11) is -6.26. The summed E-state index contributed by atoms with van der Waals surface area (Å²) in [5.74, 6) is 2.79. The molecule has 0 amide bonds. The molecule has 6 heteroatoms. The second-order valence-corrected chi connectivity index (χ2v) is 35.3. The van der Waals surface area contributed by atoms with Gasteiger partial charge in [-0.1, -0.05) is 112 Å². The van der Waals surface area contributed by atoms with Crippen molar-refractivity contribution in [3.63, 3.8) is 0 Å². The molecule has 3 aliphatic rings. The Kier molecular flexibility index (Phi) is 13.8. The fraction of sp³-hybridized carbons (Fsp3) is 0.860. The van der Waals surface area contributed by atoms with Crippen LogP contribution < -0.4 is 0 Å². The van der Waals surface area contributed by atoms with Crippen molar-refractivity contribution in [2.75, 3.05) is 6.61 Å². The smallest absolute Gasteiger partial charge is 0.192 e. The Labute approximate surface area is 309 Å². The summed E-state index contributed by atoms with van der Waals surface area (Å²) in [6.45, 7) is 40.9. The van der Waals surface area contributed by atoms with Gasteiger partial charge in [-0.05, 0) is 147 Å². The minimum Gasteiger partial charge on any atom is -0.432 e. The van der Waals surface area contributed by atoms with Crippen LogP contribution in [0.5, 0.6) is 0 Å². The molecule has 1 N–H and O–H groups in total. The average Bonchev–Trinajstić information content (AvgIpc) is 3.30. The number of allylic oxidation sites excluding steroid dienone is 3. The van der Waals surface area contributed by atoms with E-state index in [4.69, 9.17) is 8.85 Å². The van der Waals surface area contributed by atoms with Crippen molar-refractivity contribution in [1.82, 2.24) is 0 Å². The molecule has 6 atom stereocenters. The van der Waals surface area contributed by atoms with E-state index in [0.29, 0.717) is 11.3 Å². The Morgan fingerprint density at radius 2 is 1.51 bits per heavy atom.